The van der Waals surface area contributed by atoms with Gasteiger partial charge < -0.3 is 30.7 Å². The maximum Gasteiger partial charge on any atom is 0.322 e. The standard InChI is InChI=1S/C34H32N10O8S2/c1-51-32-39-28(35-24-12-5-3-6-13-24)37-30(41-32)43-34(44-31-38-29(40-33(42-31)52-2)36-25-14-7-4-8-15-25)20-19-23(27(21-34)54(48,49)50)18-17-22-11-9-10-16-26(22)53(45,46)47/h3-20H,21H2,1-2H3,(H,45,46,47)(H,48,49,50)(H2,35,37,39,41,43)(H2,36,38,40,42,44). The number of benzene rings is 3. The van der Waals surface area contributed by atoms with Crippen molar-refractivity contribution in [3.63, 3.8) is 0 Å². The summed E-state index contributed by atoms with van der Waals surface area (Å²) in [6.07, 6.45) is 4.93. The van der Waals surface area contributed by atoms with Gasteiger partial charge in [0.25, 0.3) is 20.2 Å². The molecule has 2 aromatic heterocycles. The molecule has 3 aromatic carbocycles. The van der Waals surface area contributed by atoms with Crippen LogP contribution in [0.1, 0.15) is 12.0 Å². The molecular formula is C34H32N10O8S2. The summed E-state index contributed by atoms with van der Waals surface area (Å²) in [5, 5.41) is 12.3. The van der Waals surface area contributed by atoms with Crippen LogP contribution in [0.2, 0.25) is 0 Å². The first-order valence-corrected chi connectivity index (χ1v) is 18.7. The summed E-state index contributed by atoms with van der Waals surface area (Å²) in [6, 6.07) is 23.5. The average Bonchev–Trinajstić information content (AvgIpc) is 3.14. The number of rotatable bonds is 14. The Morgan fingerprint density at radius 2 is 1.11 bits per heavy atom. The molecule has 278 valence electrons. The van der Waals surface area contributed by atoms with Crippen molar-refractivity contribution in [1.29, 1.82) is 0 Å². The van der Waals surface area contributed by atoms with Gasteiger partial charge in [-0.2, -0.15) is 46.7 Å². The molecule has 0 unspecified atom stereocenters. The van der Waals surface area contributed by atoms with Crippen molar-refractivity contribution in [2.75, 3.05) is 35.5 Å². The molecule has 6 rings (SSSR count). The Hall–Kier alpha value is -6.48. The lowest BCUT2D eigenvalue weighted by atomic mass is 9.95. The Morgan fingerprint density at radius 3 is 1.59 bits per heavy atom. The highest BCUT2D eigenvalue weighted by Crippen LogP contribution is 2.35. The maximum absolute atomic E-state index is 13.0. The van der Waals surface area contributed by atoms with Gasteiger partial charge >= 0.3 is 12.0 Å². The van der Waals surface area contributed by atoms with Crippen molar-refractivity contribution in [1.82, 2.24) is 29.9 Å². The molecule has 0 atom stereocenters. The van der Waals surface area contributed by atoms with E-state index in [0.717, 1.165) is 0 Å². The fourth-order valence-corrected chi connectivity index (χ4v) is 6.71. The minimum Gasteiger partial charge on any atom is -0.467 e. The van der Waals surface area contributed by atoms with Gasteiger partial charge in [-0.15, -0.1) is 0 Å². The van der Waals surface area contributed by atoms with Gasteiger partial charge in [0.15, 0.2) is 0 Å². The van der Waals surface area contributed by atoms with Crippen molar-refractivity contribution in [3.8, 4) is 12.0 Å². The van der Waals surface area contributed by atoms with Crippen molar-refractivity contribution < 1.29 is 35.4 Å². The number of ether oxygens (including phenoxy) is 2. The van der Waals surface area contributed by atoms with E-state index in [1.165, 1.54) is 62.8 Å². The quantitative estimate of drug-likeness (QED) is 0.0652. The Bertz CT molecular complexity index is 2370. The molecule has 6 N–H and O–H groups in total. The van der Waals surface area contributed by atoms with Crippen LogP contribution in [-0.2, 0) is 20.2 Å². The van der Waals surface area contributed by atoms with Crippen molar-refractivity contribution in [2.24, 2.45) is 0 Å². The second kappa shape index (κ2) is 15.6. The lowest BCUT2D eigenvalue weighted by Crippen LogP contribution is -2.47. The van der Waals surface area contributed by atoms with Gasteiger partial charge in [0.05, 0.1) is 19.1 Å². The minimum absolute atomic E-state index is 0.0128. The molecule has 18 nitrogen and oxygen atoms in total. The largest absolute Gasteiger partial charge is 0.467 e. The Morgan fingerprint density at radius 1 is 0.630 bits per heavy atom. The van der Waals surface area contributed by atoms with Crippen LogP contribution in [-0.4, -0.2) is 75.7 Å². The molecule has 0 amide bonds. The molecule has 0 fully saturated rings. The van der Waals surface area contributed by atoms with Gasteiger partial charge in [0.2, 0.25) is 23.8 Å². The zero-order valence-electron chi connectivity index (χ0n) is 28.4. The van der Waals surface area contributed by atoms with Crippen LogP contribution in [0.4, 0.5) is 35.2 Å². The normalized spacial score (nSPS) is 14.1. The van der Waals surface area contributed by atoms with E-state index in [1.54, 1.807) is 24.3 Å². The van der Waals surface area contributed by atoms with E-state index in [9.17, 15) is 25.9 Å². The number of allylic oxidation sites excluding steroid dienone is 3. The summed E-state index contributed by atoms with van der Waals surface area (Å²) in [6.45, 7) is 0. The highest BCUT2D eigenvalue weighted by Gasteiger charge is 2.38. The van der Waals surface area contributed by atoms with E-state index in [0.29, 0.717) is 11.4 Å². The van der Waals surface area contributed by atoms with Crippen LogP contribution in [0.3, 0.4) is 0 Å². The Kier molecular flexibility index (Phi) is 10.8. The lowest BCUT2D eigenvalue weighted by molar-refractivity contribution is 0.378. The molecule has 0 spiro atoms. The van der Waals surface area contributed by atoms with Gasteiger partial charge in [0, 0.05) is 17.8 Å². The Balaban J connectivity index is 1.44. The third-order valence-corrected chi connectivity index (χ3v) is 9.51. The van der Waals surface area contributed by atoms with E-state index < -0.39 is 42.1 Å². The molecule has 0 saturated heterocycles. The van der Waals surface area contributed by atoms with Crippen LogP contribution < -0.4 is 30.7 Å². The third-order valence-electron chi connectivity index (χ3n) is 7.58. The molecule has 0 aliphatic heterocycles. The van der Waals surface area contributed by atoms with Crippen LogP contribution in [0.15, 0.2) is 119 Å². The fraction of sp³-hybridized carbons (Fsp3) is 0.118. The molecule has 5 aromatic rings. The summed E-state index contributed by atoms with van der Waals surface area (Å²) >= 11 is 0. The number of nitrogens with one attached hydrogen (secondary N) is 4. The smallest absolute Gasteiger partial charge is 0.322 e. The number of para-hydroxylation sites is 2. The number of aromatic nitrogens is 6. The van der Waals surface area contributed by atoms with E-state index in [4.69, 9.17) is 9.47 Å². The van der Waals surface area contributed by atoms with Gasteiger partial charge in [-0.3, -0.25) is 9.11 Å². The van der Waals surface area contributed by atoms with Gasteiger partial charge in [-0.25, -0.2) is 0 Å². The number of hydrogen-bond donors (Lipinski definition) is 6. The second-order valence-corrected chi connectivity index (χ2v) is 14.2. The SMILES string of the molecule is COc1nc(Nc2ccccc2)nc(NC2(Nc3nc(Nc4ccccc4)nc(OC)n3)C=CC(C=Cc3ccccc3S(=O)(=O)O)=C(S(=O)(=O)O)C2)n1. The molecule has 20 heteroatoms. The van der Waals surface area contributed by atoms with E-state index in [2.05, 4.69) is 51.2 Å². The molecule has 2 heterocycles. The van der Waals surface area contributed by atoms with Crippen LogP contribution in [0.25, 0.3) is 6.08 Å². The molecule has 1 aliphatic rings. The number of anilines is 6. The zero-order valence-corrected chi connectivity index (χ0v) is 30.1. The van der Waals surface area contributed by atoms with E-state index in [1.807, 2.05) is 36.4 Å². The molecular weight excluding hydrogens is 741 g/mol. The minimum atomic E-state index is -4.95. The predicted molar refractivity (Wildman–Crippen MR) is 200 cm³/mol. The highest BCUT2D eigenvalue weighted by molar-refractivity contribution is 7.89. The molecule has 0 saturated carbocycles. The van der Waals surface area contributed by atoms with Crippen molar-refractivity contribution in [3.05, 3.63) is 119 Å². The number of nitrogens with zero attached hydrogens (tertiary/aromatic N) is 6. The first-order chi connectivity index (χ1) is 25.8. The predicted octanol–water partition coefficient (Wildman–Crippen LogP) is 4.84. The monoisotopic (exact) mass is 772 g/mol. The number of methoxy groups -OCH3 is 2. The topological polar surface area (TPSA) is 253 Å². The second-order valence-electron chi connectivity index (χ2n) is 11.4. The molecule has 0 radical (unpaired) electrons. The summed E-state index contributed by atoms with van der Waals surface area (Å²) in [5.41, 5.74) is -0.346. The van der Waals surface area contributed by atoms with Crippen molar-refractivity contribution >= 4 is 61.5 Å². The van der Waals surface area contributed by atoms with Crippen LogP contribution in [0, 0.1) is 0 Å². The Labute approximate surface area is 309 Å². The van der Waals surface area contributed by atoms with E-state index >= 15 is 0 Å². The molecule has 54 heavy (non-hydrogen) atoms. The first-order valence-electron chi connectivity index (χ1n) is 15.8. The summed E-state index contributed by atoms with van der Waals surface area (Å²) in [4.78, 5) is 25.2. The summed E-state index contributed by atoms with van der Waals surface area (Å²) < 4.78 is 81.0. The van der Waals surface area contributed by atoms with Crippen LogP contribution in [0.5, 0.6) is 12.0 Å². The molecule has 0 bridgehead atoms. The molecule has 1 aliphatic carbocycles. The van der Waals surface area contributed by atoms with Gasteiger partial charge in [0.1, 0.15) is 10.6 Å². The zero-order chi connectivity index (χ0) is 38.3. The third kappa shape index (κ3) is 9.30. The van der Waals surface area contributed by atoms with Crippen molar-refractivity contribution in [2.45, 2.75) is 17.0 Å². The lowest BCUT2D eigenvalue weighted by Gasteiger charge is -2.36. The first kappa shape index (κ1) is 37.3. The fourth-order valence-electron chi connectivity index (χ4n) is 5.18. The summed E-state index contributed by atoms with van der Waals surface area (Å²) in [7, 11) is -6.85. The maximum atomic E-state index is 13.0. The number of hydrogen-bond acceptors (Lipinski definition) is 16. The van der Waals surface area contributed by atoms with Crippen LogP contribution >= 0.6 is 0 Å². The highest BCUT2D eigenvalue weighted by atomic mass is 32.2. The van der Waals surface area contributed by atoms with E-state index in [-0.39, 0.29) is 47.0 Å². The van der Waals surface area contributed by atoms with Gasteiger partial charge in [-0.05, 0) is 47.5 Å². The van der Waals surface area contributed by atoms with Gasteiger partial charge in [-0.1, -0.05) is 72.8 Å². The average molecular weight is 773 g/mol. The summed E-state index contributed by atoms with van der Waals surface area (Å²) in [5.74, 6) is -0.0460.